The molecule has 0 spiro atoms. The zero-order valence-corrected chi connectivity index (χ0v) is 20.9. The second-order valence-electron chi connectivity index (χ2n) is 8.70. The number of urea groups is 1. The van der Waals surface area contributed by atoms with E-state index in [9.17, 15) is 19.2 Å². The number of hydrogen-bond acceptors (Lipinski definition) is 7. The number of imide groups is 1. The van der Waals surface area contributed by atoms with Gasteiger partial charge in [-0.15, -0.1) is 0 Å². The third-order valence-electron chi connectivity index (χ3n) is 5.98. The number of carbonyl (C=O) groups is 4. The van der Waals surface area contributed by atoms with Gasteiger partial charge in [-0.3, -0.25) is 14.9 Å². The molecule has 192 valence electrons. The van der Waals surface area contributed by atoms with E-state index in [0.29, 0.717) is 12.8 Å². The van der Waals surface area contributed by atoms with Crippen molar-refractivity contribution in [3.8, 4) is 0 Å². The van der Waals surface area contributed by atoms with Crippen LogP contribution in [0.1, 0.15) is 31.4 Å². The molecule has 1 fully saturated rings. The van der Waals surface area contributed by atoms with E-state index in [-0.39, 0.29) is 19.8 Å². The molecule has 1 aliphatic rings. The van der Waals surface area contributed by atoms with Gasteiger partial charge in [0, 0.05) is 7.05 Å². The van der Waals surface area contributed by atoms with E-state index in [4.69, 9.17) is 9.47 Å². The lowest BCUT2D eigenvalue weighted by Crippen LogP contribution is -2.55. The van der Waals surface area contributed by atoms with Crippen LogP contribution in [-0.4, -0.2) is 72.0 Å². The lowest BCUT2D eigenvalue weighted by Gasteiger charge is -2.26. The summed E-state index contributed by atoms with van der Waals surface area (Å²) in [4.78, 5) is 53.8. The predicted octanol–water partition coefficient (Wildman–Crippen LogP) is 2.54. The fourth-order valence-corrected chi connectivity index (χ4v) is 4.04. The van der Waals surface area contributed by atoms with Crippen molar-refractivity contribution in [2.75, 3.05) is 20.2 Å². The minimum atomic E-state index is -1.08. The summed E-state index contributed by atoms with van der Waals surface area (Å²) in [5.74, 6) is -1.75. The molecule has 3 rings (SSSR count). The van der Waals surface area contributed by atoms with Crippen molar-refractivity contribution < 1.29 is 28.7 Å². The highest BCUT2D eigenvalue weighted by molar-refractivity contribution is 6.03. The number of hydrogen-bond donors (Lipinski definition) is 1. The van der Waals surface area contributed by atoms with Crippen LogP contribution in [0.2, 0.25) is 0 Å². The smallest absolute Gasteiger partial charge is 0.331 e. The Bertz CT molecular complexity index is 1050. The number of aryl methyl sites for hydroxylation is 1. The average Bonchev–Trinajstić information content (AvgIpc) is 3.19. The van der Waals surface area contributed by atoms with E-state index in [1.54, 1.807) is 13.8 Å². The van der Waals surface area contributed by atoms with Gasteiger partial charge in [-0.05, 0) is 37.8 Å². The van der Waals surface area contributed by atoms with Gasteiger partial charge in [-0.2, -0.15) is 0 Å². The molecule has 1 heterocycles. The Balaban J connectivity index is 1.67. The van der Waals surface area contributed by atoms with E-state index in [1.165, 1.54) is 11.9 Å². The summed E-state index contributed by atoms with van der Waals surface area (Å²) < 4.78 is 10.6. The van der Waals surface area contributed by atoms with E-state index < -0.39 is 42.0 Å². The van der Waals surface area contributed by atoms with Crippen LogP contribution in [-0.2, 0) is 36.9 Å². The maximum absolute atomic E-state index is 13.3. The molecule has 0 radical (unpaired) electrons. The summed E-state index contributed by atoms with van der Waals surface area (Å²) in [6.45, 7) is 3.55. The number of rotatable bonds is 11. The first-order chi connectivity index (χ1) is 17.3. The number of benzene rings is 2. The molecular formula is C27H33N3O6. The molecule has 0 aliphatic carbocycles. The van der Waals surface area contributed by atoms with E-state index in [2.05, 4.69) is 5.32 Å². The van der Waals surface area contributed by atoms with Crippen LogP contribution in [0.25, 0.3) is 0 Å². The fraction of sp³-hybridized carbons (Fsp3) is 0.407. The summed E-state index contributed by atoms with van der Waals surface area (Å²) in [6.07, 6.45) is 0.995. The van der Waals surface area contributed by atoms with Crippen LogP contribution in [0, 0.1) is 0 Å². The van der Waals surface area contributed by atoms with Crippen molar-refractivity contribution in [1.29, 1.82) is 0 Å². The topological polar surface area (TPSA) is 105 Å². The maximum atomic E-state index is 13.3. The van der Waals surface area contributed by atoms with Crippen LogP contribution >= 0.6 is 0 Å². The molecule has 2 aromatic carbocycles. The normalized spacial score (nSPS) is 17.0. The third-order valence-corrected chi connectivity index (χ3v) is 5.98. The number of likely N-dealkylation sites (N-methyl/N-ethyl adjacent to an activating group) is 1. The summed E-state index contributed by atoms with van der Waals surface area (Å²) in [5, 5.41) is 3.01. The quantitative estimate of drug-likeness (QED) is 0.478. The number of carbonyl (C=O) groups excluding carboxylic acids is 4. The largest absolute Gasteiger partial charge is 0.465 e. The summed E-state index contributed by atoms with van der Waals surface area (Å²) in [6, 6.07) is 15.5. The SMILES string of the molecule is CCOC(=O)[C@H](CCc1ccccc1)N[C@@H](C)C(=O)N1C(=O)N(C)C[C@H]1C(=O)OCc1ccccc1. The number of nitrogens with one attached hydrogen (secondary N) is 1. The molecule has 3 amide bonds. The van der Waals surface area contributed by atoms with Crippen LogP contribution in [0.15, 0.2) is 60.7 Å². The average molecular weight is 496 g/mol. The van der Waals surface area contributed by atoms with E-state index in [0.717, 1.165) is 16.0 Å². The monoisotopic (exact) mass is 495 g/mol. The molecule has 0 bridgehead atoms. The van der Waals surface area contributed by atoms with Crippen LogP contribution in [0.3, 0.4) is 0 Å². The van der Waals surface area contributed by atoms with Crippen LogP contribution < -0.4 is 5.32 Å². The van der Waals surface area contributed by atoms with Crippen molar-refractivity contribution in [2.45, 2.75) is 51.4 Å². The van der Waals surface area contributed by atoms with Crippen LogP contribution in [0.5, 0.6) is 0 Å². The minimum Gasteiger partial charge on any atom is -0.465 e. The number of esters is 2. The molecule has 0 aromatic heterocycles. The van der Waals surface area contributed by atoms with Gasteiger partial charge in [0.05, 0.1) is 19.2 Å². The summed E-state index contributed by atoms with van der Waals surface area (Å²) >= 11 is 0. The number of nitrogens with zero attached hydrogens (tertiary/aromatic N) is 2. The summed E-state index contributed by atoms with van der Waals surface area (Å²) in [5.41, 5.74) is 1.84. The molecule has 1 N–H and O–H groups in total. The zero-order valence-electron chi connectivity index (χ0n) is 20.9. The molecule has 1 saturated heterocycles. The second-order valence-corrected chi connectivity index (χ2v) is 8.70. The molecule has 9 heteroatoms. The first kappa shape index (κ1) is 26.9. The molecule has 0 saturated carbocycles. The van der Waals surface area contributed by atoms with E-state index in [1.807, 2.05) is 60.7 Å². The highest BCUT2D eigenvalue weighted by Crippen LogP contribution is 2.19. The molecule has 36 heavy (non-hydrogen) atoms. The molecular weight excluding hydrogens is 462 g/mol. The first-order valence-corrected chi connectivity index (χ1v) is 12.1. The minimum absolute atomic E-state index is 0.0280. The van der Waals surface area contributed by atoms with Gasteiger partial charge in [0.1, 0.15) is 12.6 Å². The van der Waals surface area contributed by atoms with Gasteiger partial charge in [-0.25, -0.2) is 14.5 Å². The lowest BCUT2D eigenvalue weighted by molar-refractivity contribution is -0.153. The standard InChI is InChI=1S/C27H33N3O6/c1-4-35-25(32)22(16-15-20-11-7-5-8-12-20)28-19(2)24(31)30-23(17-29(3)27(30)34)26(33)36-18-21-13-9-6-10-14-21/h5-14,19,22-23,28H,4,15-18H2,1-3H3/t19-,22-,23-/m0/s1. The zero-order chi connectivity index (χ0) is 26.1. The second kappa shape index (κ2) is 12.8. The van der Waals surface area contributed by atoms with Gasteiger partial charge in [-0.1, -0.05) is 60.7 Å². The fourth-order valence-electron chi connectivity index (χ4n) is 4.04. The van der Waals surface area contributed by atoms with Gasteiger partial charge in [0.15, 0.2) is 6.04 Å². The van der Waals surface area contributed by atoms with Gasteiger partial charge in [0.2, 0.25) is 5.91 Å². The Kier molecular flexibility index (Phi) is 9.58. The maximum Gasteiger partial charge on any atom is 0.331 e. The Morgan fingerprint density at radius 1 is 1.00 bits per heavy atom. The Morgan fingerprint density at radius 3 is 2.22 bits per heavy atom. The van der Waals surface area contributed by atoms with Gasteiger partial charge >= 0.3 is 18.0 Å². The molecule has 0 unspecified atom stereocenters. The first-order valence-electron chi connectivity index (χ1n) is 12.1. The van der Waals surface area contributed by atoms with Crippen LogP contribution in [0.4, 0.5) is 4.79 Å². The number of ether oxygens (including phenoxy) is 2. The molecule has 1 aliphatic heterocycles. The Hall–Kier alpha value is -3.72. The highest BCUT2D eigenvalue weighted by atomic mass is 16.5. The summed E-state index contributed by atoms with van der Waals surface area (Å²) in [7, 11) is 1.52. The van der Waals surface area contributed by atoms with E-state index >= 15 is 0 Å². The van der Waals surface area contributed by atoms with Gasteiger partial charge in [0.25, 0.3) is 0 Å². The van der Waals surface area contributed by atoms with Gasteiger partial charge < -0.3 is 14.4 Å². The van der Waals surface area contributed by atoms with Crippen molar-refractivity contribution in [3.63, 3.8) is 0 Å². The third kappa shape index (κ3) is 6.91. The lowest BCUT2D eigenvalue weighted by atomic mass is 10.0. The van der Waals surface area contributed by atoms with Crippen molar-refractivity contribution in [3.05, 3.63) is 71.8 Å². The number of amides is 3. The van der Waals surface area contributed by atoms with Crippen molar-refractivity contribution in [1.82, 2.24) is 15.1 Å². The van der Waals surface area contributed by atoms with Crippen molar-refractivity contribution >= 4 is 23.9 Å². The molecule has 2 aromatic rings. The van der Waals surface area contributed by atoms with Crippen molar-refractivity contribution in [2.24, 2.45) is 0 Å². The Labute approximate surface area is 211 Å². The highest BCUT2D eigenvalue weighted by Gasteiger charge is 2.46. The molecule has 3 atom stereocenters. The predicted molar refractivity (Wildman–Crippen MR) is 133 cm³/mol. The molecule has 9 nitrogen and oxygen atoms in total. The Morgan fingerprint density at radius 2 is 1.61 bits per heavy atom.